The lowest BCUT2D eigenvalue weighted by atomic mass is 10.2. The van der Waals surface area contributed by atoms with Crippen LogP contribution < -0.4 is 9.64 Å². The molecule has 1 heterocycles. The molecule has 1 saturated heterocycles. The molecule has 0 N–H and O–H groups in total. The molecule has 0 aromatic heterocycles. The van der Waals surface area contributed by atoms with Crippen LogP contribution >= 0.6 is 0 Å². The summed E-state index contributed by atoms with van der Waals surface area (Å²) in [6.07, 6.45) is 1.91. The van der Waals surface area contributed by atoms with Crippen molar-refractivity contribution in [1.82, 2.24) is 5.01 Å². The second-order valence-corrected chi connectivity index (χ2v) is 5.29. The lowest BCUT2D eigenvalue weighted by Crippen LogP contribution is -2.44. The molecule has 0 saturated carbocycles. The number of ether oxygens (including phenoxy) is 1. The van der Waals surface area contributed by atoms with Crippen LogP contribution in [0.3, 0.4) is 0 Å². The van der Waals surface area contributed by atoms with Gasteiger partial charge in [-0.25, -0.2) is 0 Å². The monoisotopic (exact) mass is 295 g/mol. The normalized spacial score (nSPS) is 15.3. The first-order valence-corrected chi connectivity index (χ1v) is 7.58. The van der Waals surface area contributed by atoms with Crippen LogP contribution in [0.4, 0.5) is 5.69 Å². The summed E-state index contributed by atoms with van der Waals surface area (Å²) in [5.74, 6) is 0.869. The van der Waals surface area contributed by atoms with Gasteiger partial charge in [0.1, 0.15) is 5.75 Å². The Balaban J connectivity index is 1.54. The minimum absolute atomic E-state index is 0.869. The smallest absolute Gasteiger partial charge is 0.118 e. The second-order valence-electron chi connectivity index (χ2n) is 5.29. The number of hydrogen-bond donors (Lipinski definition) is 0. The molecule has 0 spiro atoms. The fourth-order valence-corrected chi connectivity index (χ4v) is 2.55. The summed E-state index contributed by atoms with van der Waals surface area (Å²) in [4.78, 5) is 2.40. The average molecular weight is 295 g/mol. The van der Waals surface area contributed by atoms with Gasteiger partial charge in [-0.3, -0.25) is 5.01 Å². The molecule has 2 aromatic carbocycles. The maximum atomic E-state index is 5.16. The molecule has 0 atom stereocenters. The van der Waals surface area contributed by atoms with Gasteiger partial charge in [0.15, 0.2) is 0 Å². The van der Waals surface area contributed by atoms with Gasteiger partial charge in [-0.2, -0.15) is 5.10 Å². The van der Waals surface area contributed by atoms with Crippen molar-refractivity contribution in [3.63, 3.8) is 0 Å². The van der Waals surface area contributed by atoms with Gasteiger partial charge in [0.2, 0.25) is 0 Å². The van der Waals surface area contributed by atoms with E-state index < -0.39 is 0 Å². The van der Waals surface area contributed by atoms with Crippen molar-refractivity contribution in [1.29, 1.82) is 0 Å². The van der Waals surface area contributed by atoms with E-state index in [1.54, 1.807) is 7.11 Å². The molecule has 0 aliphatic carbocycles. The third kappa shape index (κ3) is 3.58. The average Bonchev–Trinajstić information content (AvgIpc) is 2.61. The van der Waals surface area contributed by atoms with Crippen LogP contribution in [0.2, 0.25) is 0 Å². The Morgan fingerprint density at radius 3 is 2.23 bits per heavy atom. The van der Waals surface area contributed by atoms with E-state index in [2.05, 4.69) is 45.3 Å². The van der Waals surface area contributed by atoms with Gasteiger partial charge in [0.25, 0.3) is 0 Å². The Hall–Kier alpha value is -2.49. The van der Waals surface area contributed by atoms with Gasteiger partial charge < -0.3 is 9.64 Å². The van der Waals surface area contributed by atoms with Gasteiger partial charge in [-0.05, 0) is 42.0 Å². The van der Waals surface area contributed by atoms with Crippen molar-refractivity contribution in [3.05, 3.63) is 60.2 Å². The molecule has 0 unspecified atom stereocenters. The molecule has 0 radical (unpaired) electrons. The topological polar surface area (TPSA) is 28.1 Å². The highest BCUT2D eigenvalue weighted by molar-refractivity contribution is 5.79. The first-order valence-electron chi connectivity index (χ1n) is 7.58. The Labute approximate surface area is 131 Å². The van der Waals surface area contributed by atoms with Gasteiger partial charge >= 0.3 is 0 Å². The summed E-state index contributed by atoms with van der Waals surface area (Å²) in [7, 11) is 1.68. The molecule has 114 valence electrons. The van der Waals surface area contributed by atoms with Crippen molar-refractivity contribution in [2.75, 3.05) is 38.2 Å². The van der Waals surface area contributed by atoms with E-state index in [-0.39, 0.29) is 0 Å². The summed E-state index contributed by atoms with van der Waals surface area (Å²) in [5, 5.41) is 6.71. The molecular formula is C18H21N3O. The summed E-state index contributed by atoms with van der Waals surface area (Å²) in [6.45, 7) is 3.90. The number of nitrogens with zero attached hydrogens (tertiary/aromatic N) is 3. The van der Waals surface area contributed by atoms with Crippen molar-refractivity contribution in [2.45, 2.75) is 0 Å². The van der Waals surface area contributed by atoms with Gasteiger partial charge in [0.05, 0.1) is 26.4 Å². The summed E-state index contributed by atoms with van der Waals surface area (Å²) >= 11 is 0. The van der Waals surface area contributed by atoms with Crippen LogP contribution in [0.15, 0.2) is 59.7 Å². The van der Waals surface area contributed by atoms with Crippen LogP contribution in [0.5, 0.6) is 5.75 Å². The largest absolute Gasteiger partial charge is 0.497 e. The van der Waals surface area contributed by atoms with Crippen molar-refractivity contribution in [3.8, 4) is 5.75 Å². The van der Waals surface area contributed by atoms with E-state index in [9.17, 15) is 0 Å². The molecule has 0 bridgehead atoms. The minimum Gasteiger partial charge on any atom is -0.497 e. The van der Waals surface area contributed by atoms with Crippen LogP contribution in [0.1, 0.15) is 5.56 Å². The number of hydrogen-bond acceptors (Lipinski definition) is 4. The SMILES string of the molecule is COc1ccc(/C=N\N2CCN(c3ccccc3)CC2)cc1. The number of piperazine rings is 1. The van der Waals surface area contributed by atoms with Gasteiger partial charge in [-0.15, -0.1) is 0 Å². The first-order chi connectivity index (χ1) is 10.8. The van der Waals surface area contributed by atoms with Crippen LogP contribution in [0.25, 0.3) is 0 Å². The van der Waals surface area contributed by atoms with E-state index in [1.165, 1.54) is 5.69 Å². The quantitative estimate of drug-likeness (QED) is 0.812. The van der Waals surface area contributed by atoms with Crippen molar-refractivity contribution >= 4 is 11.9 Å². The Kier molecular flexibility index (Phi) is 4.59. The van der Waals surface area contributed by atoms with Crippen LogP contribution in [-0.2, 0) is 0 Å². The van der Waals surface area contributed by atoms with Crippen LogP contribution in [-0.4, -0.2) is 44.5 Å². The number of rotatable bonds is 4. The summed E-state index contributed by atoms with van der Waals surface area (Å²) < 4.78 is 5.16. The molecule has 1 aliphatic heterocycles. The van der Waals surface area contributed by atoms with E-state index in [4.69, 9.17) is 4.74 Å². The fourth-order valence-electron chi connectivity index (χ4n) is 2.55. The molecule has 1 aliphatic rings. The Morgan fingerprint density at radius 1 is 0.909 bits per heavy atom. The number of para-hydroxylation sites is 1. The zero-order valence-electron chi connectivity index (χ0n) is 12.9. The summed E-state index contributed by atoms with van der Waals surface area (Å²) in [6, 6.07) is 18.5. The third-order valence-electron chi connectivity index (χ3n) is 3.86. The number of hydrazone groups is 1. The predicted molar refractivity (Wildman–Crippen MR) is 90.8 cm³/mol. The highest BCUT2D eigenvalue weighted by Crippen LogP contribution is 2.15. The van der Waals surface area contributed by atoms with Crippen molar-refractivity contribution in [2.24, 2.45) is 5.10 Å². The number of benzene rings is 2. The Bertz CT molecular complexity index is 602. The molecule has 4 nitrogen and oxygen atoms in total. The lowest BCUT2D eigenvalue weighted by Gasteiger charge is -2.34. The minimum atomic E-state index is 0.869. The fraction of sp³-hybridized carbons (Fsp3) is 0.278. The molecule has 0 amide bonds. The zero-order chi connectivity index (χ0) is 15.2. The van der Waals surface area contributed by atoms with E-state index in [0.717, 1.165) is 37.5 Å². The van der Waals surface area contributed by atoms with E-state index >= 15 is 0 Å². The Morgan fingerprint density at radius 2 is 1.59 bits per heavy atom. The highest BCUT2D eigenvalue weighted by Gasteiger charge is 2.15. The van der Waals surface area contributed by atoms with Crippen molar-refractivity contribution < 1.29 is 4.74 Å². The van der Waals surface area contributed by atoms with Gasteiger partial charge in [0, 0.05) is 18.8 Å². The third-order valence-corrected chi connectivity index (χ3v) is 3.86. The maximum absolute atomic E-state index is 5.16. The van der Waals surface area contributed by atoms with Gasteiger partial charge in [-0.1, -0.05) is 18.2 Å². The van der Waals surface area contributed by atoms with E-state index in [0.29, 0.717) is 0 Å². The number of methoxy groups -OCH3 is 1. The summed E-state index contributed by atoms with van der Waals surface area (Å²) in [5.41, 5.74) is 2.38. The van der Waals surface area contributed by atoms with E-state index in [1.807, 2.05) is 30.5 Å². The first kappa shape index (κ1) is 14.4. The molecule has 1 fully saturated rings. The maximum Gasteiger partial charge on any atom is 0.118 e. The molecule has 22 heavy (non-hydrogen) atoms. The molecular weight excluding hydrogens is 274 g/mol. The highest BCUT2D eigenvalue weighted by atomic mass is 16.5. The molecule has 4 heteroatoms. The molecule has 3 rings (SSSR count). The zero-order valence-corrected chi connectivity index (χ0v) is 12.9. The molecule has 2 aromatic rings. The predicted octanol–water partition coefficient (Wildman–Crippen LogP) is 2.85. The number of anilines is 1. The van der Waals surface area contributed by atoms with Crippen LogP contribution in [0, 0.1) is 0 Å². The lowest BCUT2D eigenvalue weighted by molar-refractivity contribution is 0.272. The standard InChI is InChI=1S/C18H21N3O/c1-22-18-9-7-16(8-10-18)15-19-21-13-11-20(12-14-21)17-5-3-2-4-6-17/h2-10,15H,11-14H2,1H3/b19-15-. The second kappa shape index (κ2) is 6.98.